The fourth-order valence-electron chi connectivity index (χ4n) is 1.34. The summed E-state index contributed by atoms with van der Waals surface area (Å²) in [6.07, 6.45) is 0.859. The second-order valence-electron chi connectivity index (χ2n) is 3.07. The van der Waals surface area contributed by atoms with Gasteiger partial charge in [0.05, 0.1) is 7.11 Å². The van der Waals surface area contributed by atoms with E-state index in [0.717, 1.165) is 17.7 Å². The van der Waals surface area contributed by atoms with Gasteiger partial charge in [0, 0.05) is 5.69 Å². The first-order valence-electron chi connectivity index (χ1n) is 4.63. The molecule has 0 aliphatic heterocycles. The van der Waals surface area contributed by atoms with Crippen LogP contribution in [0.4, 0.5) is 10.5 Å². The maximum absolute atomic E-state index is 10.8. The number of methoxy groups -OCH3 is 1. The number of hydrogen-bond donors (Lipinski definition) is 2. The van der Waals surface area contributed by atoms with Crippen molar-refractivity contribution in [2.24, 2.45) is 0 Å². The maximum atomic E-state index is 10.8. The molecule has 4 nitrogen and oxygen atoms in total. The average Bonchev–Trinajstić information content (AvgIpc) is 2.19. The van der Waals surface area contributed by atoms with Crippen molar-refractivity contribution in [3.63, 3.8) is 0 Å². The standard InChI is InChI=1S/C10H14N2O2S/c1-4-7-5-8(12-10(13)15)9(14-3)11-6(7)2/h5H,4H2,1-3H3,(H2,12,13,15). The second kappa shape index (κ2) is 5.02. The van der Waals surface area contributed by atoms with Crippen molar-refractivity contribution in [3.05, 3.63) is 17.3 Å². The molecule has 82 valence electrons. The summed E-state index contributed by atoms with van der Waals surface area (Å²) in [5, 5.41) is 2.13. The molecule has 15 heavy (non-hydrogen) atoms. The van der Waals surface area contributed by atoms with Gasteiger partial charge in [0.15, 0.2) is 0 Å². The third-order valence-corrected chi connectivity index (χ3v) is 2.21. The number of aromatic nitrogens is 1. The van der Waals surface area contributed by atoms with E-state index in [9.17, 15) is 4.79 Å². The van der Waals surface area contributed by atoms with Crippen molar-refractivity contribution in [1.29, 1.82) is 0 Å². The van der Waals surface area contributed by atoms with Crippen molar-refractivity contribution in [3.8, 4) is 5.88 Å². The van der Waals surface area contributed by atoms with Gasteiger partial charge in [0.2, 0.25) is 5.88 Å². The highest BCUT2D eigenvalue weighted by Gasteiger charge is 2.09. The number of carbonyl (C=O) groups excluding carboxylic acids is 1. The van der Waals surface area contributed by atoms with Crippen LogP contribution in [0.15, 0.2) is 6.07 Å². The molecule has 0 radical (unpaired) electrons. The Labute approximate surface area is 94.5 Å². The number of pyridine rings is 1. The number of rotatable bonds is 3. The van der Waals surface area contributed by atoms with Gasteiger partial charge in [-0.25, -0.2) is 4.98 Å². The Kier molecular flexibility index (Phi) is 3.96. The third-order valence-electron chi connectivity index (χ3n) is 2.10. The van der Waals surface area contributed by atoms with Crippen molar-refractivity contribution in [1.82, 2.24) is 4.98 Å². The maximum Gasteiger partial charge on any atom is 0.280 e. The molecule has 0 fully saturated rings. The molecule has 0 spiro atoms. The number of amides is 1. The van der Waals surface area contributed by atoms with E-state index in [4.69, 9.17) is 4.74 Å². The molecule has 0 aliphatic carbocycles. The van der Waals surface area contributed by atoms with E-state index in [0.29, 0.717) is 11.6 Å². The summed E-state index contributed by atoms with van der Waals surface area (Å²) in [7, 11) is 1.52. The van der Waals surface area contributed by atoms with Gasteiger partial charge >= 0.3 is 0 Å². The number of ether oxygens (including phenoxy) is 1. The van der Waals surface area contributed by atoms with Gasteiger partial charge in [0.1, 0.15) is 5.69 Å². The van der Waals surface area contributed by atoms with Gasteiger partial charge in [-0.15, -0.1) is 0 Å². The summed E-state index contributed by atoms with van der Waals surface area (Å²) in [5.74, 6) is 0.409. The largest absolute Gasteiger partial charge is 0.480 e. The van der Waals surface area contributed by atoms with Crippen LogP contribution in [0.5, 0.6) is 5.88 Å². The topological polar surface area (TPSA) is 51.2 Å². The molecule has 5 heteroatoms. The summed E-state index contributed by atoms with van der Waals surface area (Å²) >= 11 is 3.65. The van der Waals surface area contributed by atoms with Crippen LogP contribution >= 0.6 is 12.6 Å². The zero-order valence-electron chi connectivity index (χ0n) is 9.00. The van der Waals surface area contributed by atoms with Crippen LogP contribution in [0.2, 0.25) is 0 Å². The third kappa shape index (κ3) is 2.86. The molecule has 1 amide bonds. The minimum absolute atomic E-state index is 0.409. The molecule has 0 saturated heterocycles. The molecule has 0 aliphatic rings. The monoisotopic (exact) mass is 226 g/mol. The predicted octanol–water partition coefficient (Wildman–Crippen LogP) is 2.42. The lowest BCUT2D eigenvalue weighted by molar-refractivity contribution is 0.270. The molecule has 1 rings (SSSR count). The molecule has 0 unspecified atom stereocenters. The number of carbonyl (C=O) groups is 1. The van der Waals surface area contributed by atoms with E-state index in [-0.39, 0.29) is 0 Å². The van der Waals surface area contributed by atoms with Crippen LogP contribution in [0.25, 0.3) is 0 Å². The van der Waals surface area contributed by atoms with Gasteiger partial charge in [-0.2, -0.15) is 0 Å². The summed E-state index contributed by atoms with van der Waals surface area (Å²) < 4.78 is 5.07. The quantitative estimate of drug-likeness (QED) is 0.778. The molecular weight excluding hydrogens is 212 g/mol. The Bertz CT molecular complexity index is 380. The Hall–Kier alpha value is -1.23. The average molecular weight is 226 g/mol. The Morgan fingerprint density at radius 2 is 2.33 bits per heavy atom. The molecule has 1 aromatic heterocycles. The van der Waals surface area contributed by atoms with E-state index < -0.39 is 5.24 Å². The van der Waals surface area contributed by atoms with Crippen LogP contribution in [0, 0.1) is 6.92 Å². The number of thiol groups is 1. The Morgan fingerprint density at radius 1 is 1.67 bits per heavy atom. The Morgan fingerprint density at radius 3 is 2.80 bits per heavy atom. The first kappa shape index (κ1) is 11.8. The zero-order valence-corrected chi connectivity index (χ0v) is 9.89. The number of aryl methyl sites for hydroxylation is 2. The van der Waals surface area contributed by atoms with Crippen molar-refractivity contribution < 1.29 is 9.53 Å². The van der Waals surface area contributed by atoms with Crippen LogP contribution in [-0.2, 0) is 6.42 Å². The van der Waals surface area contributed by atoms with E-state index >= 15 is 0 Å². The predicted molar refractivity (Wildman–Crippen MR) is 62.9 cm³/mol. The first-order valence-corrected chi connectivity index (χ1v) is 5.07. The van der Waals surface area contributed by atoms with Gasteiger partial charge in [0.25, 0.3) is 5.24 Å². The van der Waals surface area contributed by atoms with Gasteiger partial charge in [-0.3, -0.25) is 4.79 Å². The van der Waals surface area contributed by atoms with Crippen molar-refractivity contribution >= 4 is 23.6 Å². The fourth-order valence-corrected chi connectivity index (χ4v) is 1.46. The molecule has 0 saturated carbocycles. The van der Waals surface area contributed by atoms with E-state index in [2.05, 4.69) is 22.9 Å². The molecule has 1 N–H and O–H groups in total. The minimum atomic E-state index is -0.430. The fraction of sp³-hybridized carbons (Fsp3) is 0.400. The summed E-state index contributed by atoms with van der Waals surface area (Å²) in [5.41, 5.74) is 2.54. The number of hydrogen-bond acceptors (Lipinski definition) is 3. The summed E-state index contributed by atoms with van der Waals surface area (Å²) in [4.78, 5) is 15.1. The summed E-state index contributed by atoms with van der Waals surface area (Å²) in [6.45, 7) is 3.94. The Balaban J connectivity index is 3.16. The molecule has 0 bridgehead atoms. The first-order chi connectivity index (χ1) is 7.08. The lowest BCUT2D eigenvalue weighted by Gasteiger charge is -2.11. The van der Waals surface area contributed by atoms with Gasteiger partial charge in [-0.05, 0) is 25.0 Å². The van der Waals surface area contributed by atoms with Crippen LogP contribution in [0.1, 0.15) is 18.2 Å². The molecule has 1 aromatic rings. The van der Waals surface area contributed by atoms with E-state index in [1.54, 1.807) is 0 Å². The lowest BCUT2D eigenvalue weighted by Crippen LogP contribution is -2.06. The highest BCUT2D eigenvalue weighted by molar-refractivity contribution is 7.96. The van der Waals surface area contributed by atoms with Crippen molar-refractivity contribution in [2.45, 2.75) is 20.3 Å². The molecular formula is C10H14N2O2S. The van der Waals surface area contributed by atoms with Gasteiger partial charge < -0.3 is 10.1 Å². The highest BCUT2D eigenvalue weighted by Crippen LogP contribution is 2.25. The molecule has 1 heterocycles. The van der Waals surface area contributed by atoms with Crippen LogP contribution in [0.3, 0.4) is 0 Å². The zero-order chi connectivity index (χ0) is 11.4. The second-order valence-corrected chi connectivity index (χ2v) is 3.48. The summed E-state index contributed by atoms with van der Waals surface area (Å²) in [6, 6.07) is 1.86. The number of nitrogens with zero attached hydrogens (tertiary/aromatic N) is 1. The lowest BCUT2D eigenvalue weighted by atomic mass is 10.1. The van der Waals surface area contributed by atoms with E-state index in [1.807, 2.05) is 19.9 Å². The van der Waals surface area contributed by atoms with Crippen LogP contribution in [-0.4, -0.2) is 17.3 Å². The normalized spacial score (nSPS) is 9.87. The number of anilines is 1. The molecule has 0 aromatic carbocycles. The highest BCUT2D eigenvalue weighted by atomic mass is 32.1. The van der Waals surface area contributed by atoms with Crippen LogP contribution < -0.4 is 10.1 Å². The molecule has 0 atom stereocenters. The minimum Gasteiger partial charge on any atom is -0.480 e. The van der Waals surface area contributed by atoms with Gasteiger partial charge in [-0.1, -0.05) is 19.6 Å². The smallest absolute Gasteiger partial charge is 0.280 e. The SMILES string of the molecule is CCc1cc(NC(=O)S)c(OC)nc1C. The van der Waals surface area contributed by atoms with Crippen molar-refractivity contribution in [2.75, 3.05) is 12.4 Å². The van der Waals surface area contributed by atoms with E-state index in [1.165, 1.54) is 7.11 Å². The number of nitrogens with one attached hydrogen (secondary N) is 1.